The van der Waals surface area contributed by atoms with Crippen LogP contribution in [0.3, 0.4) is 0 Å². The third-order valence-corrected chi connectivity index (χ3v) is 3.00. The van der Waals surface area contributed by atoms with Gasteiger partial charge in [0.05, 0.1) is 0 Å². The molecule has 1 aliphatic heterocycles. The number of aromatic nitrogens is 3. The third kappa shape index (κ3) is 1.86. The predicted octanol–water partition coefficient (Wildman–Crippen LogP) is 2.01. The molecule has 0 aromatic carbocycles. The molecule has 0 unspecified atom stereocenters. The summed E-state index contributed by atoms with van der Waals surface area (Å²) in [6.45, 7) is 5.73. The normalized spacial score (nSPS) is 13.9. The van der Waals surface area contributed by atoms with Gasteiger partial charge < -0.3 is 4.90 Å². The molecule has 3 rings (SSSR count). The minimum Gasteiger partial charge on any atom is -0.348 e. The molecule has 0 radical (unpaired) electrons. The lowest BCUT2D eigenvalue weighted by Gasteiger charge is -2.17. The molecule has 3 heterocycles. The Morgan fingerprint density at radius 3 is 2.71 bits per heavy atom. The maximum Gasteiger partial charge on any atom is 0.133 e. The van der Waals surface area contributed by atoms with Crippen LogP contribution in [0.4, 0.5) is 5.82 Å². The Balaban J connectivity index is 1.93. The molecule has 17 heavy (non-hydrogen) atoms. The lowest BCUT2D eigenvalue weighted by molar-refractivity contribution is 0.837. The second-order valence-corrected chi connectivity index (χ2v) is 4.42. The number of aryl methyl sites for hydroxylation is 2. The summed E-state index contributed by atoms with van der Waals surface area (Å²) in [6.07, 6.45) is 3.79. The van der Waals surface area contributed by atoms with E-state index >= 15 is 0 Å². The largest absolute Gasteiger partial charge is 0.348 e. The van der Waals surface area contributed by atoms with Crippen LogP contribution in [0.25, 0.3) is 0 Å². The lowest BCUT2D eigenvalue weighted by Crippen LogP contribution is -2.17. The van der Waals surface area contributed by atoms with Crippen molar-refractivity contribution in [2.75, 3.05) is 4.90 Å². The Kier molecular flexibility index (Phi) is 2.28. The topological polar surface area (TPSA) is 41.9 Å². The zero-order chi connectivity index (χ0) is 11.8. The van der Waals surface area contributed by atoms with E-state index in [-0.39, 0.29) is 0 Å². The minimum atomic E-state index is 0.828. The highest BCUT2D eigenvalue weighted by molar-refractivity contribution is 5.46. The molecule has 0 amide bonds. The van der Waals surface area contributed by atoms with Gasteiger partial charge in [0.15, 0.2) is 0 Å². The number of fused-ring (bicyclic) bond motifs is 1. The fourth-order valence-electron chi connectivity index (χ4n) is 2.24. The number of nitrogens with zero attached hydrogens (tertiary/aromatic N) is 4. The summed E-state index contributed by atoms with van der Waals surface area (Å²) in [5, 5.41) is 0. The average Bonchev–Trinajstić information content (AvgIpc) is 2.71. The molecule has 4 heteroatoms. The summed E-state index contributed by atoms with van der Waals surface area (Å²) in [6, 6.07) is 4.11. The molecular formula is C13H14N4. The summed E-state index contributed by atoms with van der Waals surface area (Å²) in [4.78, 5) is 15.2. The molecule has 0 atom stereocenters. The molecule has 0 aliphatic carbocycles. The molecule has 1 aliphatic rings. The van der Waals surface area contributed by atoms with E-state index in [0.29, 0.717) is 0 Å². The van der Waals surface area contributed by atoms with Crippen LogP contribution < -0.4 is 4.90 Å². The van der Waals surface area contributed by atoms with Crippen molar-refractivity contribution in [3.05, 3.63) is 47.2 Å². The molecule has 4 nitrogen and oxygen atoms in total. The summed E-state index contributed by atoms with van der Waals surface area (Å²) < 4.78 is 0. The fraction of sp³-hybridized carbons (Fsp3) is 0.308. The van der Waals surface area contributed by atoms with Gasteiger partial charge >= 0.3 is 0 Å². The van der Waals surface area contributed by atoms with Gasteiger partial charge in [-0.15, -0.1) is 0 Å². The molecule has 0 spiro atoms. The molecule has 2 aromatic heterocycles. The van der Waals surface area contributed by atoms with Crippen molar-refractivity contribution in [1.29, 1.82) is 0 Å². The van der Waals surface area contributed by atoms with Crippen molar-refractivity contribution in [2.45, 2.75) is 26.9 Å². The predicted molar refractivity (Wildman–Crippen MR) is 65.6 cm³/mol. The second kappa shape index (κ2) is 3.80. The smallest absolute Gasteiger partial charge is 0.133 e. The van der Waals surface area contributed by atoms with Crippen molar-refractivity contribution in [2.24, 2.45) is 0 Å². The van der Waals surface area contributed by atoms with Crippen molar-refractivity contribution >= 4 is 5.82 Å². The average molecular weight is 226 g/mol. The minimum absolute atomic E-state index is 0.828. The van der Waals surface area contributed by atoms with Crippen LogP contribution in [0.2, 0.25) is 0 Å². The molecule has 0 bridgehead atoms. The number of hydrogen-bond acceptors (Lipinski definition) is 4. The Labute approximate surface area is 100 Å². The third-order valence-electron chi connectivity index (χ3n) is 3.00. The first-order valence-corrected chi connectivity index (χ1v) is 5.71. The lowest BCUT2D eigenvalue weighted by atomic mass is 10.2. The van der Waals surface area contributed by atoms with Crippen LogP contribution in [-0.4, -0.2) is 15.0 Å². The molecule has 2 aromatic rings. The first kappa shape index (κ1) is 10.2. The van der Waals surface area contributed by atoms with Crippen molar-refractivity contribution in [3.8, 4) is 0 Å². The van der Waals surface area contributed by atoms with Crippen molar-refractivity contribution < 1.29 is 0 Å². The van der Waals surface area contributed by atoms with E-state index in [2.05, 4.69) is 25.9 Å². The number of hydrogen-bond donors (Lipinski definition) is 0. The van der Waals surface area contributed by atoms with Gasteiger partial charge in [-0.3, -0.25) is 4.98 Å². The van der Waals surface area contributed by atoms with Crippen molar-refractivity contribution in [1.82, 2.24) is 15.0 Å². The second-order valence-electron chi connectivity index (χ2n) is 4.42. The molecule has 0 fully saturated rings. The highest BCUT2D eigenvalue weighted by atomic mass is 15.2. The van der Waals surface area contributed by atoms with E-state index in [1.54, 1.807) is 0 Å². The maximum absolute atomic E-state index is 4.49. The molecular weight excluding hydrogens is 212 g/mol. The summed E-state index contributed by atoms with van der Waals surface area (Å²) >= 11 is 0. The van der Waals surface area contributed by atoms with E-state index in [1.807, 2.05) is 32.3 Å². The monoisotopic (exact) mass is 226 g/mol. The zero-order valence-corrected chi connectivity index (χ0v) is 10.0. The van der Waals surface area contributed by atoms with E-state index in [1.165, 1.54) is 11.1 Å². The number of rotatable bonds is 1. The fourth-order valence-corrected chi connectivity index (χ4v) is 2.24. The van der Waals surface area contributed by atoms with Gasteiger partial charge in [-0.25, -0.2) is 9.97 Å². The van der Waals surface area contributed by atoms with Crippen molar-refractivity contribution in [3.63, 3.8) is 0 Å². The quantitative estimate of drug-likeness (QED) is 0.746. The van der Waals surface area contributed by atoms with Gasteiger partial charge in [0.2, 0.25) is 0 Å². The first-order chi connectivity index (χ1) is 8.22. The summed E-state index contributed by atoms with van der Waals surface area (Å²) in [5.41, 5.74) is 3.65. The van der Waals surface area contributed by atoms with E-state index in [0.717, 1.165) is 30.4 Å². The van der Waals surface area contributed by atoms with Crippen LogP contribution in [0, 0.1) is 13.8 Å². The van der Waals surface area contributed by atoms with E-state index in [9.17, 15) is 0 Å². The van der Waals surface area contributed by atoms with Gasteiger partial charge in [-0.1, -0.05) is 0 Å². The highest BCUT2D eigenvalue weighted by Crippen LogP contribution is 2.26. The maximum atomic E-state index is 4.49. The standard InChI is InChI=1S/C13H14N4/c1-9-5-13(16-10(2)15-9)17-7-11-3-4-14-6-12(11)8-17/h3-6H,7-8H2,1-2H3. The van der Waals surface area contributed by atoms with Gasteiger partial charge in [-0.05, 0) is 31.0 Å². The van der Waals surface area contributed by atoms with Crippen LogP contribution >= 0.6 is 0 Å². The SMILES string of the molecule is Cc1cc(N2Cc3ccncc3C2)nc(C)n1. The Morgan fingerprint density at radius 2 is 1.94 bits per heavy atom. The van der Waals surface area contributed by atoms with Crippen LogP contribution in [0.1, 0.15) is 22.6 Å². The number of anilines is 1. The molecule has 0 saturated heterocycles. The van der Waals surface area contributed by atoms with E-state index < -0.39 is 0 Å². The zero-order valence-electron chi connectivity index (χ0n) is 10.0. The molecule has 86 valence electrons. The molecule has 0 saturated carbocycles. The van der Waals surface area contributed by atoms with Crippen LogP contribution in [0.5, 0.6) is 0 Å². The van der Waals surface area contributed by atoms with E-state index in [4.69, 9.17) is 0 Å². The van der Waals surface area contributed by atoms with Gasteiger partial charge in [0.1, 0.15) is 11.6 Å². The van der Waals surface area contributed by atoms with Crippen LogP contribution in [0.15, 0.2) is 24.5 Å². The Bertz CT molecular complexity index is 520. The Hall–Kier alpha value is -1.97. The first-order valence-electron chi connectivity index (χ1n) is 5.71. The summed E-state index contributed by atoms with van der Waals surface area (Å²) in [7, 11) is 0. The Morgan fingerprint density at radius 1 is 1.12 bits per heavy atom. The van der Waals surface area contributed by atoms with Gasteiger partial charge in [0, 0.05) is 37.2 Å². The number of pyridine rings is 1. The highest BCUT2D eigenvalue weighted by Gasteiger charge is 2.20. The summed E-state index contributed by atoms with van der Waals surface area (Å²) in [5.74, 6) is 1.83. The van der Waals surface area contributed by atoms with Crippen LogP contribution in [-0.2, 0) is 13.1 Å². The van der Waals surface area contributed by atoms with Gasteiger partial charge in [0.25, 0.3) is 0 Å². The molecule has 0 N–H and O–H groups in total. The van der Waals surface area contributed by atoms with Gasteiger partial charge in [-0.2, -0.15) is 0 Å².